The number of methoxy groups -OCH3 is 5. The third-order valence-electron chi connectivity index (χ3n) is 5.15. The van der Waals surface area contributed by atoms with Crippen molar-refractivity contribution in [3.05, 3.63) is 39.9 Å². The largest absolute Gasteiger partial charge is 0.493 e. The van der Waals surface area contributed by atoms with Crippen molar-refractivity contribution in [3.63, 3.8) is 0 Å². The Morgan fingerprint density at radius 3 is 2.03 bits per heavy atom. The van der Waals surface area contributed by atoms with Crippen LogP contribution in [0.1, 0.15) is 41.6 Å². The monoisotopic (exact) mass is 565 g/mol. The van der Waals surface area contributed by atoms with Gasteiger partial charge in [0, 0.05) is 18.5 Å². The highest BCUT2D eigenvalue weighted by Crippen LogP contribution is 2.38. The van der Waals surface area contributed by atoms with Crippen molar-refractivity contribution in [2.75, 3.05) is 42.1 Å². The molecule has 0 aliphatic heterocycles. The lowest BCUT2D eigenvalue weighted by Crippen LogP contribution is -2.24. The van der Waals surface area contributed by atoms with Crippen molar-refractivity contribution in [3.8, 4) is 28.7 Å². The zero-order valence-corrected chi connectivity index (χ0v) is 22.7. The second-order valence-electron chi connectivity index (χ2n) is 7.51. The van der Waals surface area contributed by atoms with Crippen molar-refractivity contribution in [1.29, 1.82) is 0 Å². The van der Waals surface area contributed by atoms with Crippen LogP contribution in [0.2, 0.25) is 0 Å². The Labute approximate surface area is 219 Å². The van der Waals surface area contributed by atoms with Crippen LogP contribution in [0.15, 0.2) is 33.8 Å². The van der Waals surface area contributed by atoms with Gasteiger partial charge in [0.1, 0.15) is 0 Å². The summed E-state index contributed by atoms with van der Waals surface area (Å²) in [6.07, 6.45) is 4.03. The van der Waals surface area contributed by atoms with Crippen LogP contribution in [-0.4, -0.2) is 60.1 Å². The van der Waals surface area contributed by atoms with E-state index in [0.29, 0.717) is 53.7 Å². The molecule has 0 bridgehead atoms. The van der Waals surface area contributed by atoms with E-state index in [1.54, 1.807) is 32.4 Å². The summed E-state index contributed by atoms with van der Waals surface area (Å²) in [5, 5.41) is 6.86. The second kappa shape index (κ2) is 14.8. The van der Waals surface area contributed by atoms with Crippen molar-refractivity contribution in [2.45, 2.75) is 25.7 Å². The van der Waals surface area contributed by atoms with E-state index in [0.717, 1.165) is 22.9 Å². The van der Waals surface area contributed by atoms with Gasteiger partial charge < -0.3 is 29.0 Å². The van der Waals surface area contributed by atoms with Gasteiger partial charge in [0.05, 0.1) is 46.2 Å². The molecule has 2 rings (SSSR count). The maximum absolute atomic E-state index is 12.5. The van der Waals surface area contributed by atoms with Gasteiger partial charge in [0.15, 0.2) is 23.0 Å². The van der Waals surface area contributed by atoms with Crippen LogP contribution in [0.3, 0.4) is 0 Å². The molecular formula is C25H32BrN3O7. The van der Waals surface area contributed by atoms with Crippen LogP contribution in [0, 0.1) is 0 Å². The molecule has 196 valence electrons. The Morgan fingerprint density at radius 1 is 0.833 bits per heavy atom. The minimum Gasteiger partial charge on any atom is -0.493 e. The van der Waals surface area contributed by atoms with Crippen LogP contribution in [-0.2, 0) is 4.79 Å². The molecular weight excluding hydrogens is 534 g/mol. The quantitative estimate of drug-likeness (QED) is 0.202. The molecule has 11 heteroatoms. The first-order valence-corrected chi connectivity index (χ1v) is 12.0. The molecule has 2 aromatic rings. The standard InChI is InChI=1S/C25H32BrN3O7/c1-32-19-12-16(11-18(26)23(19)35-4)15-28-29-22(30)9-7-6-8-10-27-25(31)17-13-20(33-2)24(36-5)21(14-17)34-3/h11-15H,6-10H2,1-5H3,(H,27,31)(H,29,30)/b28-15+. The predicted octanol–water partition coefficient (Wildman–Crippen LogP) is 3.93. The number of benzene rings is 2. The normalized spacial score (nSPS) is 10.6. The Morgan fingerprint density at radius 2 is 1.44 bits per heavy atom. The molecule has 2 aromatic carbocycles. The van der Waals surface area contributed by atoms with Gasteiger partial charge in [-0.05, 0) is 58.6 Å². The average molecular weight is 566 g/mol. The molecule has 0 spiro atoms. The molecule has 0 fully saturated rings. The van der Waals surface area contributed by atoms with E-state index in [2.05, 4.69) is 31.8 Å². The summed E-state index contributed by atoms with van der Waals surface area (Å²) in [5.74, 6) is 1.95. The lowest BCUT2D eigenvalue weighted by Gasteiger charge is -2.14. The number of hydrogen-bond acceptors (Lipinski definition) is 8. The van der Waals surface area contributed by atoms with Gasteiger partial charge in [-0.2, -0.15) is 5.10 Å². The van der Waals surface area contributed by atoms with Gasteiger partial charge in [-0.1, -0.05) is 6.42 Å². The first-order chi connectivity index (χ1) is 17.4. The van der Waals surface area contributed by atoms with E-state index >= 15 is 0 Å². The van der Waals surface area contributed by atoms with E-state index in [1.807, 2.05) is 6.07 Å². The fraction of sp³-hybridized carbons (Fsp3) is 0.400. The number of hydrogen-bond donors (Lipinski definition) is 2. The van der Waals surface area contributed by atoms with Crippen molar-refractivity contribution >= 4 is 34.0 Å². The number of hydrazone groups is 1. The summed E-state index contributed by atoms with van der Waals surface area (Å²) in [6, 6.07) is 6.76. The summed E-state index contributed by atoms with van der Waals surface area (Å²) in [5.41, 5.74) is 3.66. The fourth-order valence-electron chi connectivity index (χ4n) is 3.35. The van der Waals surface area contributed by atoms with Crippen LogP contribution >= 0.6 is 15.9 Å². The molecule has 0 aromatic heterocycles. The van der Waals surface area contributed by atoms with Crippen LogP contribution in [0.5, 0.6) is 28.7 Å². The van der Waals surface area contributed by atoms with E-state index in [4.69, 9.17) is 23.7 Å². The predicted molar refractivity (Wildman–Crippen MR) is 140 cm³/mol. The van der Waals surface area contributed by atoms with E-state index in [9.17, 15) is 9.59 Å². The fourth-order valence-corrected chi connectivity index (χ4v) is 3.97. The molecule has 0 unspecified atom stereocenters. The highest BCUT2D eigenvalue weighted by molar-refractivity contribution is 9.10. The van der Waals surface area contributed by atoms with Crippen molar-refractivity contribution < 1.29 is 33.3 Å². The molecule has 0 aliphatic rings. The van der Waals surface area contributed by atoms with E-state index in [-0.39, 0.29) is 11.8 Å². The van der Waals surface area contributed by atoms with Gasteiger partial charge >= 0.3 is 0 Å². The zero-order chi connectivity index (χ0) is 26.5. The number of nitrogens with one attached hydrogen (secondary N) is 2. The van der Waals surface area contributed by atoms with Crippen LogP contribution < -0.4 is 34.4 Å². The van der Waals surface area contributed by atoms with Gasteiger partial charge in [0.25, 0.3) is 5.91 Å². The molecule has 10 nitrogen and oxygen atoms in total. The lowest BCUT2D eigenvalue weighted by atomic mass is 10.1. The number of rotatable bonds is 14. The van der Waals surface area contributed by atoms with Crippen LogP contribution in [0.4, 0.5) is 0 Å². The van der Waals surface area contributed by atoms with Crippen molar-refractivity contribution in [1.82, 2.24) is 10.7 Å². The minimum absolute atomic E-state index is 0.188. The average Bonchev–Trinajstić information content (AvgIpc) is 2.88. The third kappa shape index (κ3) is 8.04. The minimum atomic E-state index is -0.247. The summed E-state index contributed by atoms with van der Waals surface area (Å²) >= 11 is 3.42. The highest BCUT2D eigenvalue weighted by atomic mass is 79.9. The number of unbranched alkanes of at least 4 members (excludes halogenated alkanes) is 2. The number of amides is 2. The molecule has 0 saturated carbocycles. The summed E-state index contributed by atoms with van der Waals surface area (Å²) < 4.78 is 27.1. The van der Waals surface area contributed by atoms with Gasteiger partial charge in [0.2, 0.25) is 11.7 Å². The lowest BCUT2D eigenvalue weighted by molar-refractivity contribution is -0.121. The first-order valence-electron chi connectivity index (χ1n) is 11.2. The highest BCUT2D eigenvalue weighted by Gasteiger charge is 2.16. The molecule has 0 aliphatic carbocycles. The number of carbonyl (C=O) groups excluding carboxylic acids is 2. The molecule has 36 heavy (non-hydrogen) atoms. The van der Waals surface area contributed by atoms with Gasteiger partial charge in [-0.25, -0.2) is 5.43 Å². The van der Waals surface area contributed by atoms with Gasteiger partial charge in [-0.15, -0.1) is 0 Å². The Hall–Kier alpha value is -3.47. The maximum atomic E-state index is 12.5. The second-order valence-corrected chi connectivity index (χ2v) is 8.37. The topological polar surface area (TPSA) is 117 Å². The molecule has 0 heterocycles. The van der Waals surface area contributed by atoms with Crippen LogP contribution in [0.25, 0.3) is 0 Å². The molecule has 0 radical (unpaired) electrons. The number of halogens is 1. The van der Waals surface area contributed by atoms with E-state index in [1.165, 1.54) is 27.5 Å². The Bertz CT molecular complexity index is 1050. The van der Waals surface area contributed by atoms with Gasteiger partial charge in [-0.3, -0.25) is 9.59 Å². The molecule has 2 N–H and O–H groups in total. The molecule has 2 amide bonds. The summed E-state index contributed by atoms with van der Waals surface area (Å²) in [7, 11) is 7.60. The Balaban J connectivity index is 1.73. The molecule has 0 atom stereocenters. The zero-order valence-electron chi connectivity index (χ0n) is 21.1. The smallest absolute Gasteiger partial charge is 0.251 e. The molecule has 0 saturated heterocycles. The summed E-state index contributed by atoms with van der Waals surface area (Å²) in [6.45, 7) is 0.476. The van der Waals surface area contributed by atoms with E-state index < -0.39 is 0 Å². The number of carbonyl (C=O) groups is 2. The maximum Gasteiger partial charge on any atom is 0.251 e. The third-order valence-corrected chi connectivity index (χ3v) is 5.74. The number of nitrogens with zero attached hydrogens (tertiary/aromatic N) is 1. The summed E-state index contributed by atoms with van der Waals surface area (Å²) in [4.78, 5) is 24.5. The SMILES string of the molecule is COc1cc(/C=N/NC(=O)CCCCCNC(=O)c2cc(OC)c(OC)c(OC)c2)cc(Br)c1OC. The van der Waals surface area contributed by atoms with Crippen molar-refractivity contribution in [2.24, 2.45) is 5.10 Å². The first kappa shape index (κ1) is 28.8. The Kier molecular flexibility index (Phi) is 11.8. The number of ether oxygens (including phenoxy) is 5.